The molecule has 7 heteroatoms. The molecule has 0 bridgehead atoms. The van der Waals surface area contributed by atoms with E-state index in [9.17, 15) is 8.78 Å². The number of nitrogens with zero attached hydrogens (tertiary/aromatic N) is 2. The molecule has 0 radical (unpaired) electrons. The van der Waals surface area contributed by atoms with Gasteiger partial charge in [-0.3, -0.25) is 16.0 Å². The zero-order chi connectivity index (χ0) is 14.0. The lowest BCUT2D eigenvalue weighted by Crippen LogP contribution is -2.31. The Kier molecular flexibility index (Phi) is 4.14. The number of aromatic nitrogens is 2. The van der Waals surface area contributed by atoms with E-state index in [4.69, 9.17) is 17.4 Å². The summed E-state index contributed by atoms with van der Waals surface area (Å²) in [5.74, 6) is 4.23. The first-order valence-electron chi connectivity index (χ1n) is 5.61. The van der Waals surface area contributed by atoms with Crippen LogP contribution in [0.1, 0.15) is 17.3 Å². The summed E-state index contributed by atoms with van der Waals surface area (Å²) in [6, 6.07) is 3.19. The summed E-state index contributed by atoms with van der Waals surface area (Å²) in [5, 5.41) is 4.36. The minimum atomic E-state index is -0.612. The second-order valence-electron chi connectivity index (χ2n) is 4.12. The molecule has 102 valence electrons. The highest BCUT2D eigenvalue weighted by atomic mass is 35.5. The molecule has 1 atom stereocenters. The van der Waals surface area contributed by atoms with E-state index in [0.717, 1.165) is 0 Å². The summed E-state index contributed by atoms with van der Waals surface area (Å²) < 4.78 is 28.8. The summed E-state index contributed by atoms with van der Waals surface area (Å²) in [5.41, 5.74) is 3.05. The van der Waals surface area contributed by atoms with Gasteiger partial charge in [0.15, 0.2) is 0 Å². The Morgan fingerprint density at radius 1 is 1.42 bits per heavy atom. The van der Waals surface area contributed by atoms with E-state index >= 15 is 0 Å². The summed E-state index contributed by atoms with van der Waals surface area (Å²) >= 11 is 6.00. The molecule has 4 nitrogen and oxygen atoms in total. The van der Waals surface area contributed by atoms with Gasteiger partial charge in [-0.05, 0) is 12.1 Å². The molecule has 1 heterocycles. The Morgan fingerprint density at radius 2 is 2.05 bits per heavy atom. The third-order valence-electron chi connectivity index (χ3n) is 2.94. The first-order valence-corrected chi connectivity index (χ1v) is 5.98. The molecule has 0 fully saturated rings. The third-order valence-corrected chi connectivity index (χ3v) is 3.23. The van der Waals surface area contributed by atoms with Gasteiger partial charge in [-0.1, -0.05) is 17.7 Å². The third kappa shape index (κ3) is 2.75. The van der Waals surface area contributed by atoms with Crippen molar-refractivity contribution in [3.63, 3.8) is 0 Å². The average molecular weight is 287 g/mol. The maximum atomic E-state index is 13.6. The van der Waals surface area contributed by atoms with Crippen molar-refractivity contribution in [2.75, 3.05) is 0 Å². The van der Waals surface area contributed by atoms with Crippen LogP contribution in [0, 0.1) is 11.6 Å². The highest BCUT2D eigenvalue weighted by Gasteiger charge is 2.21. The average Bonchev–Trinajstić information content (AvgIpc) is 2.70. The molecule has 0 aliphatic heterocycles. The van der Waals surface area contributed by atoms with E-state index in [1.807, 2.05) is 0 Å². The molecule has 0 saturated heterocycles. The second kappa shape index (κ2) is 5.64. The number of benzene rings is 1. The highest BCUT2D eigenvalue weighted by molar-refractivity contribution is 6.31. The summed E-state index contributed by atoms with van der Waals surface area (Å²) in [6.45, 7) is 0. The maximum absolute atomic E-state index is 13.6. The monoisotopic (exact) mass is 286 g/mol. The molecule has 0 spiro atoms. The molecule has 1 aromatic heterocycles. The molecule has 0 aliphatic carbocycles. The Labute approximate surface area is 114 Å². The molecular weight excluding hydrogens is 274 g/mol. The van der Waals surface area contributed by atoms with Gasteiger partial charge in [0.25, 0.3) is 0 Å². The topological polar surface area (TPSA) is 55.9 Å². The largest absolute Gasteiger partial charge is 0.271 e. The lowest BCUT2D eigenvalue weighted by molar-refractivity contribution is 0.477. The molecule has 0 aliphatic rings. The van der Waals surface area contributed by atoms with Crippen LogP contribution < -0.4 is 11.3 Å². The SMILES string of the molecule is Cn1ncc(Cl)c1C(Cc1c(F)cccc1F)NN. The van der Waals surface area contributed by atoms with E-state index in [1.165, 1.54) is 29.1 Å². The molecule has 0 saturated carbocycles. The number of halogens is 3. The minimum absolute atomic E-state index is 0.0360. The summed E-state index contributed by atoms with van der Waals surface area (Å²) in [4.78, 5) is 0. The van der Waals surface area contributed by atoms with Crippen LogP contribution in [0.3, 0.4) is 0 Å². The molecule has 2 rings (SSSR count). The van der Waals surface area contributed by atoms with E-state index in [1.54, 1.807) is 7.05 Å². The van der Waals surface area contributed by atoms with Crippen molar-refractivity contribution in [3.8, 4) is 0 Å². The van der Waals surface area contributed by atoms with Crippen molar-refractivity contribution in [2.24, 2.45) is 12.9 Å². The van der Waals surface area contributed by atoms with Crippen LogP contribution in [0.25, 0.3) is 0 Å². The van der Waals surface area contributed by atoms with Crippen molar-refractivity contribution in [3.05, 3.63) is 52.3 Å². The van der Waals surface area contributed by atoms with Crippen molar-refractivity contribution in [1.82, 2.24) is 15.2 Å². The van der Waals surface area contributed by atoms with E-state index in [-0.39, 0.29) is 12.0 Å². The maximum Gasteiger partial charge on any atom is 0.129 e. The minimum Gasteiger partial charge on any atom is -0.271 e. The fraction of sp³-hybridized carbons (Fsp3) is 0.250. The number of nitrogens with two attached hydrogens (primary N) is 1. The smallest absolute Gasteiger partial charge is 0.129 e. The lowest BCUT2D eigenvalue weighted by Gasteiger charge is -2.17. The zero-order valence-corrected chi connectivity index (χ0v) is 11.0. The molecule has 0 amide bonds. The van der Waals surface area contributed by atoms with Crippen LogP contribution in [0.15, 0.2) is 24.4 Å². The Morgan fingerprint density at radius 3 is 2.53 bits per heavy atom. The van der Waals surface area contributed by atoms with Gasteiger partial charge in [-0.15, -0.1) is 0 Å². The van der Waals surface area contributed by atoms with Gasteiger partial charge >= 0.3 is 0 Å². The van der Waals surface area contributed by atoms with E-state index in [0.29, 0.717) is 10.7 Å². The first kappa shape index (κ1) is 13.9. The number of rotatable bonds is 4. The van der Waals surface area contributed by atoms with Crippen LogP contribution in [0.4, 0.5) is 8.78 Å². The summed E-state index contributed by atoms with van der Waals surface area (Å²) in [6.07, 6.45) is 1.49. The van der Waals surface area contributed by atoms with E-state index in [2.05, 4.69) is 10.5 Å². The van der Waals surface area contributed by atoms with Gasteiger partial charge in [-0.25, -0.2) is 8.78 Å². The first-order chi connectivity index (χ1) is 9.04. The van der Waals surface area contributed by atoms with Gasteiger partial charge in [0.2, 0.25) is 0 Å². The van der Waals surface area contributed by atoms with Gasteiger partial charge in [0, 0.05) is 19.0 Å². The van der Waals surface area contributed by atoms with E-state index < -0.39 is 17.7 Å². The van der Waals surface area contributed by atoms with Crippen LogP contribution >= 0.6 is 11.6 Å². The molecule has 1 aromatic carbocycles. The fourth-order valence-corrected chi connectivity index (χ4v) is 2.28. The predicted octanol–water partition coefficient (Wildman–Crippen LogP) is 2.10. The molecule has 3 N–H and O–H groups in total. The zero-order valence-electron chi connectivity index (χ0n) is 10.2. The number of hydrogen-bond donors (Lipinski definition) is 2. The Bertz CT molecular complexity index is 545. The van der Waals surface area contributed by atoms with Crippen LogP contribution in [0.5, 0.6) is 0 Å². The molecular formula is C12H13ClF2N4. The molecule has 1 unspecified atom stereocenters. The van der Waals surface area contributed by atoms with Gasteiger partial charge in [0.05, 0.1) is 23.0 Å². The number of hydrogen-bond acceptors (Lipinski definition) is 3. The predicted molar refractivity (Wildman–Crippen MR) is 68.3 cm³/mol. The van der Waals surface area contributed by atoms with Crippen LogP contribution in [-0.2, 0) is 13.5 Å². The Hall–Kier alpha value is -1.50. The highest BCUT2D eigenvalue weighted by Crippen LogP contribution is 2.26. The van der Waals surface area contributed by atoms with Crippen LogP contribution in [0.2, 0.25) is 5.02 Å². The summed E-state index contributed by atoms with van der Waals surface area (Å²) in [7, 11) is 1.68. The molecule has 2 aromatic rings. The quantitative estimate of drug-likeness (QED) is 0.668. The number of hydrazine groups is 1. The van der Waals surface area contributed by atoms with Gasteiger partial charge in [0.1, 0.15) is 11.6 Å². The lowest BCUT2D eigenvalue weighted by atomic mass is 10.0. The normalized spacial score (nSPS) is 12.7. The van der Waals surface area contributed by atoms with Crippen molar-refractivity contribution < 1.29 is 8.78 Å². The van der Waals surface area contributed by atoms with Crippen molar-refractivity contribution in [1.29, 1.82) is 0 Å². The van der Waals surface area contributed by atoms with Gasteiger partial charge in [-0.2, -0.15) is 5.10 Å². The Balaban J connectivity index is 2.35. The fourth-order valence-electron chi connectivity index (χ4n) is 1.98. The standard InChI is InChI=1S/C12H13ClF2N4/c1-19-12(8(13)6-17-19)11(18-16)5-7-9(14)3-2-4-10(7)15/h2-4,6,11,18H,5,16H2,1H3. The van der Waals surface area contributed by atoms with Crippen molar-refractivity contribution in [2.45, 2.75) is 12.5 Å². The van der Waals surface area contributed by atoms with Gasteiger partial charge < -0.3 is 0 Å². The number of aryl methyl sites for hydroxylation is 1. The number of nitrogens with one attached hydrogen (secondary N) is 1. The second-order valence-corrected chi connectivity index (χ2v) is 4.53. The van der Waals surface area contributed by atoms with Crippen molar-refractivity contribution >= 4 is 11.6 Å². The molecule has 19 heavy (non-hydrogen) atoms. The van der Waals surface area contributed by atoms with Crippen LogP contribution in [-0.4, -0.2) is 9.78 Å².